The van der Waals surface area contributed by atoms with Crippen molar-refractivity contribution in [2.75, 3.05) is 17.2 Å². The summed E-state index contributed by atoms with van der Waals surface area (Å²) in [5.74, 6) is -0.220. The monoisotopic (exact) mass is 314 g/mol. The van der Waals surface area contributed by atoms with Gasteiger partial charge in [0.15, 0.2) is 0 Å². The van der Waals surface area contributed by atoms with Gasteiger partial charge in [-0.2, -0.15) is 0 Å². The van der Waals surface area contributed by atoms with Crippen LogP contribution in [-0.4, -0.2) is 24.5 Å². The molecule has 1 rings (SSSR count). The van der Waals surface area contributed by atoms with Crippen LogP contribution in [0.15, 0.2) is 24.3 Å². The number of benzene rings is 1. The fraction of sp³-hybridized carbons (Fsp3) is 0.429. The van der Waals surface area contributed by atoms with Crippen molar-refractivity contribution in [1.29, 1.82) is 0 Å². The van der Waals surface area contributed by atoms with Gasteiger partial charge in [-0.1, -0.05) is 19.4 Å². The molecule has 118 valence electrons. The van der Waals surface area contributed by atoms with Crippen molar-refractivity contribution >= 4 is 35.7 Å². The molecule has 5 N–H and O–H groups in total. The Morgan fingerprint density at radius 2 is 1.81 bits per heavy atom. The van der Waals surface area contributed by atoms with Crippen LogP contribution < -0.4 is 21.7 Å². The molecular weight excluding hydrogens is 292 g/mol. The highest BCUT2D eigenvalue weighted by Gasteiger charge is 2.12. The molecule has 0 aromatic heterocycles. The van der Waals surface area contributed by atoms with E-state index in [1.54, 1.807) is 24.3 Å². The third-order valence-corrected chi connectivity index (χ3v) is 2.66. The molecule has 1 aromatic carbocycles. The Morgan fingerprint density at radius 1 is 1.19 bits per heavy atom. The number of anilines is 2. The van der Waals surface area contributed by atoms with Gasteiger partial charge in [-0.05, 0) is 31.5 Å². The van der Waals surface area contributed by atoms with Crippen molar-refractivity contribution < 1.29 is 9.59 Å². The van der Waals surface area contributed by atoms with E-state index in [-0.39, 0.29) is 24.3 Å². The highest BCUT2D eigenvalue weighted by Crippen LogP contribution is 2.15. The van der Waals surface area contributed by atoms with E-state index in [1.807, 2.05) is 13.8 Å². The van der Waals surface area contributed by atoms with Crippen LogP contribution in [0.2, 0.25) is 0 Å². The number of carbonyl (C=O) groups is 2. The standard InChI is InChI=1S/C14H22N4O2.ClH/c1-3-6-12(15)13(19)17-10-7-5-8-11(9-10)18-14(20)16-4-2;/h5,7-9,12H,3-4,6,15H2,1-2H3,(H,17,19)(H2,16,18,20);1H. The minimum absolute atomic E-state index is 0. The highest BCUT2D eigenvalue weighted by atomic mass is 35.5. The Labute approximate surface area is 131 Å². The summed E-state index contributed by atoms with van der Waals surface area (Å²) in [6, 6.07) is 6.14. The van der Waals surface area contributed by atoms with E-state index in [4.69, 9.17) is 5.73 Å². The molecule has 0 bridgehead atoms. The van der Waals surface area contributed by atoms with E-state index in [9.17, 15) is 9.59 Å². The zero-order chi connectivity index (χ0) is 15.0. The SMILES string of the molecule is CCCC(N)C(=O)Nc1cccc(NC(=O)NCC)c1.Cl. The molecule has 0 spiro atoms. The van der Waals surface area contributed by atoms with Crippen LogP contribution in [0.5, 0.6) is 0 Å². The number of halogens is 1. The number of urea groups is 1. The molecular formula is C14H23ClN4O2. The maximum atomic E-state index is 11.8. The van der Waals surface area contributed by atoms with Gasteiger partial charge in [0.05, 0.1) is 6.04 Å². The van der Waals surface area contributed by atoms with Crippen molar-refractivity contribution in [2.24, 2.45) is 5.73 Å². The van der Waals surface area contributed by atoms with Crippen molar-refractivity contribution in [3.05, 3.63) is 24.3 Å². The zero-order valence-electron chi connectivity index (χ0n) is 12.3. The average molecular weight is 315 g/mol. The molecule has 7 heteroatoms. The molecule has 0 aliphatic heterocycles. The molecule has 1 aromatic rings. The van der Waals surface area contributed by atoms with E-state index < -0.39 is 6.04 Å². The lowest BCUT2D eigenvalue weighted by molar-refractivity contribution is -0.117. The zero-order valence-corrected chi connectivity index (χ0v) is 13.1. The van der Waals surface area contributed by atoms with Crippen LogP contribution >= 0.6 is 12.4 Å². The largest absolute Gasteiger partial charge is 0.338 e. The van der Waals surface area contributed by atoms with Gasteiger partial charge < -0.3 is 21.7 Å². The lowest BCUT2D eigenvalue weighted by Gasteiger charge is -2.12. The van der Waals surface area contributed by atoms with Crippen molar-refractivity contribution in [2.45, 2.75) is 32.7 Å². The van der Waals surface area contributed by atoms with E-state index in [0.717, 1.165) is 6.42 Å². The first-order valence-corrected chi connectivity index (χ1v) is 6.78. The summed E-state index contributed by atoms with van der Waals surface area (Å²) in [6.07, 6.45) is 1.50. The minimum Gasteiger partial charge on any atom is -0.338 e. The van der Waals surface area contributed by atoms with Crippen molar-refractivity contribution in [3.63, 3.8) is 0 Å². The normalized spacial score (nSPS) is 11.0. The number of nitrogens with one attached hydrogen (secondary N) is 3. The predicted octanol–water partition coefficient (Wildman–Crippen LogP) is 2.32. The molecule has 21 heavy (non-hydrogen) atoms. The Bertz CT molecular complexity index is 468. The first-order valence-electron chi connectivity index (χ1n) is 6.78. The summed E-state index contributed by atoms with van der Waals surface area (Å²) in [6.45, 7) is 4.36. The molecule has 0 aliphatic rings. The lowest BCUT2D eigenvalue weighted by atomic mass is 10.1. The van der Waals surface area contributed by atoms with Crippen molar-refractivity contribution in [1.82, 2.24) is 5.32 Å². The summed E-state index contributed by atoms with van der Waals surface area (Å²) in [4.78, 5) is 23.2. The molecule has 0 saturated heterocycles. The summed E-state index contributed by atoms with van der Waals surface area (Å²) in [7, 11) is 0. The summed E-state index contributed by atoms with van der Waals surface area (Å²) >= 11 is 0. The summed E-state index contributed by atoms with van der Waals surface area (Å²) in [5.41, 5.74) is 6.96. The maximum absolute atomic E-state index is 11.8. The number of hydrogen-bond acceptors (Lipinski definition) is 3. The van der Waals surface area contributed by atoms with E-state index in [1.165, 1.54) is 0 Å². The maximum Gasteiger partial charge on any atom is 0.319 e. The molecule has 0 aliphatic carbocycles. The first kappa shape index (κ1) is 19.2. The van der Waals surface area contributed by atoms with Gasteiger partial charge in [0.2, 0.25) is 5.91 Å². The first-order chi connectivity index (χ1) is 9.56. The van der Waals surface area contributed by atoms with Crippen LogP contribution in [0.25, 0.3) is 0 Å². The van der Waals surface area contributed by atoms with Crippen molar-refractivity contribution in [3.8, 4) is 0 Å². The predicted molar refractivity (Wildman–Crippen MR) is 87.9 cm³/mol. The van der Waals surface area contributed by atoms with Gasteiger partial charge in [-0.15, -0.1) is 12.4 Å². The molecule has 0 radical (unpaired) electrons. The van der Waals surface area contributed by atoms with Crippen LogP contribution in [-0.2, 0) is 4.79 Å². The molecule has 1 unspecified atom stereocenters. The smallest absolute Gasteiger partial charge is 0.319 e. The van der Waals surface area contributed by atoms with Gasteiger partial charge in [0.1, 0.15) is 0 Å². The molecule has 1 atom stereocenters. The second kappa shape index (κ2) is 10.0. The molecule has 3 amide bonds. The molecule has 0 fully saturated rings. The third-order valence-electron chi connectivity index (χ3n) is 2.66. The quantitative estimate of drug-likeness (QED) is 0.648. The number of rotatable bonds is 6. The second-order valence-corrected chi connectivity index (χ2v) is 4.45. The Morgan fingerprint density at radius 3 is 2.38 bits per heavy atom. The number of amides is 3. The minimum atomic E-state index is -0.514. The number of hydrogen-bond donors (Lipinski definition) is 4. The van der Waals surface area contributed by atoms with Gasteiger partial charge in [0.25, 0.3) is 0 Å². The topological polar surface area (TPSA) is 96.2 Å². The summed E-state index contributed by atoms with van der Waals surface area (Å²) in [5, 5.41) is 8.05. The average Bonchev–Trinajstić information content (AvgIpc) is 2.39. The Kier molecular flexibility index (Phi) is 9.16. The van der Waals surface area contributed by atoms with Crippen LogP contribution in [0.4, 0.5) is 16.2 Å². The number of carbonyl (C=O) groups excluding carboxylic acids is 2. The van der Waals surface area contributed by atoms with Gasteiger partial charge in [-0.25, -0.2) is 4.79 Å². The molecule has 6 nitrogen and oxygen atoms in total. The van der Waals surface area contributed by atoms with Crippen LogP contribution in [0, 0.1) is 0 Å². The van der Waals surface area contributed by atoms with Gasteiger partial charge in [0, 0.05) is 17.9 Å². The fourth-order valence-corrected chi connectivity index (χ4v) is 1.69. The van der Waals surface area contributed by atoms with E-state index in [2.05, 4.69) is 16.0 Å². The fourth-order valence-electron chi connectivity index (χ4n) is 1.69. The lowest BCUT2D eigenvalue weighted by Crippen LogP contribution is -2.35. The third kappa shape index (κ3) is 6.97. The van der Waals surface area contributed by atoms with E-state index in [0.29, 0.717) is 24.3 Å². The van der Waals surface area contributed by atoms with Crippen LogP contribution in [0.3, 0.4) is 0 Å². The Balaban J connectivity index is 0.00000400. The molecule has 0 saturated carbocycles. The van der Waals surface area contributed by atoms with Gasteiger partial charge in [-0.3, -0.25) is 4.79 Å². The number of nitrogens with two attached hydrogens (primary N) is 1. The second-order valence-electron chi connectivity index (χ2n) is 4.45. The molecule has 0 heterocycles. The highest BCUT2D eigenvalue weighted by molar-refractivity contribution is 5.96. The van der Waals surface area contributed by atoms with E-state index >= 15 is 0 Å². The summed E-state index contributed by atoms with van der Waals surface area (Å²) < 4.78 is 0. The van der Waals surface area contributed by atoms with Gasteiger partial charge >= 0.3 is 6.03 Å². The Hall–Kier alpha value is -1.79. The van der Waals surface area contributed by atoms with Crippen LogP contribution in [0.1, 0.15) is 26.7 Å².